The van der Waals surface area contributed by atoms with Gasteiger partial charge in [-0.25, -0.2) is 4.79 Å². The Morgan fingerprint density at radius 3 is 2.46 bits per heavy atom. The highest BCUT2D eigenvalue weighted by Gasteiger charge is 2.20. The molecule has 132 valence electrons. The Bertz CT molecular complexity index is 513. The fourth-order valence-electron chi connectivity index (χ4n) is 3.29. The zero-order valence-electron chi connectivity index (χ0n) is 15.1. The van der Waals surface area contributed by atoms with Crippen LogP contribution in [0.5, 0.6) is 0 Å². The van der Waals surface area contributed by atoms with Gasteiger partial charge in [-0.05, 0) is 68.1 Å². The van der Waals surface area contributed by atoms with E-state index in [1.165, 1.54) is 44.1 Å². The molecule has 0 aromatic heterocycles. The lowest BCUT2D eigenvalue weighted by Gasteiger charge is -2.27. The van der Waals surface area contributed by atoms with Crippen LogP contribution in [0, 0.1) is 5.92 Å². The summed E-state index contributed by atoms with van der Waals surface area (Å²) >= 11 is 0. The highest BCUT2D eigenvalue weighted by atomic mass is 16.5. The van der Waals surface area contributed by atoms with Gasteiger partial charge in [-0.2, -0.15) is 0 Å². The maximum Gasteiger partial charge on any atom is 0.411 e. The van der Waals surface area contributed by atoms with Gasteiger partial charge in [-0.1, -0.05) is 44.6 Å². The number of nitrogens with one attached hydrogen (secondary N) is 1. The third-order valence-corrected chi connectivity index (χ3v) is 4.70. The zero-order valence-corrected chi connectivity index (χ0v) is 15.1. The molecule has 0 bridgehead atoms. The first-order valence-corrected chi connectivity index (χ1v) is 9.43. The molecule has 0 heterocycles. The van der Waals surface area contributed by atoms with E-state index in [0.29, 0.717) is 12.5 Å². The molecular formula is C21H31NO2. The quantitative estimate of drug-likeness (QED) is 0.598. The molecule has 1 amide bonds. The summed E-state index contributed by atoms with van der Waals surface area (Å²) in [6, 6.07) is 8.26. The Kier molecular flexibility index (Phi) is 7.87. The van der Waals surface area contributed by atoms with Crippen LogP contribution in [0.1, 0.15) is 70.3 Å². The molecule has 0 saturated heterocycles. The van der Waals surface area contributed by atoms with Crippen molar-refractivity contribution in [2.45, 2.75) is 64.7 Å². The maximum atomic E-state index is 11.6. The van der Waals surface area contributed by atoms with Crippen LogP contribution in [0.15, 0.2) is 36.4 Å². The number of rotatable bonds is 7. The highest BCUT2D eigenvalue weighted by molar-refractivity contribution is 5.84. The van der Waals surface area contributed by atoms with Gasteiger partial charge >= 0.3 is 6.09 Å². The molecule has 1 aliphatic carbocycles. The first-order valence-electron chi connectivity index (χ1n) is 9.43. The molecule has 2 rings (SSSR count). The van der Waals surface area contributed by atoms with Gasteiger partial charge in [-0.3, -0.25) is 5.32 Å². The summed E-state index contributed by atoms with van der Waals surface area (Å²) in [5.41, 5.74) is 2.19. The Balaban J connectivity index is 1.80. The number of amides is 1. The Labute approximate surface area is 146 Å². The lowest BCUT2D eigenvalue weighted by atomic mass is 9.78. The molecule has 1 aromatic carbocycles. The maximum absolute atomic E-state index is 11.6. The molecule has 1 aliphatic rings. The van der Waals surface area contributed by atoms with Crippen molar-refractivity contribution in [3.05, 3.63) is 42.0 Å². The predicted molar refractivity (Wildman–Crippen MR) is 100 cm³/mol. The zero-order chi connectivity index (χ0) is 17.2. The second-order valence-corrected chi connectivity index (χ2v) is 6.71. The van der Waals surface area contributed by atoms with Gasteiger partial charge in [0.15, 0.2) is 0 Å². The average Bonchev–Trinajstić information content (AvgIpc) is 2.61. The minimum Gasteiger partial charge on any atom is -0.449 e. The smallest absolute Gasteiger partial charge is 0.411 e. The molecule has 1 aromatic rings. The van der Waals surface area contributed by atoms with Crippen LogP contribution in [0.4, 0.5) is 10.5 Å². The number of unbranched alkanes of at least 4 members (excludes halogenated alkanes) is 1. The van der Waals surface area contributed by atoms with Gasteiger partial charge in [0.1, 0.15) is 0 Å². The topological polar surface area (TPSA) is 38.3 Å². The van der Waals surface area contributed by atoms with Crippen LogP contribution in [-0.2, 0) is 4.74 Å². The Morgan fingerprint density at radius 2 is 1.83 bits per heavy atom. The van der Waals surface area contributed by atoms with Crippen molar-refractivity contribution < 1.29 is 9.53 Å². The monoisotopic (exact) mass is 329 g/mol. The molecule has 0 radical (unpaired) electrons. The number of hydrogen-bond donors (Lipinski definition) is 1. The first-order chi connectivity index (χ1) is 11.7. The molecule has 3 nitrogen and oxygen atoms in total. The predicted octanol–water partition coefficient (Wildman–Crippen LogP) is 6.28. The van der Waals surface area contributed by atoms with Crippen molar-refractivity contribution in [2.24, 2.45) is 5.92 Å². The fraction of sp³-hybridized carbons (Fsp3) is 0.571. The van der Waals surface area contributed by atoms with Gasteiger partial charge in [-0.15, -0.1) is 0 Å². The minimum atomic E-state index is -0.371. The van der Waals surface area contributed by atoms with Crippen LogP contribution < -0.4 is 5.32 Å². The van der Waals surface area contributed by atoms with Crippen molar-refractivity contribution in [1.29, 1.82) is 0 Å². The van der Waals surface area contributed by atoms with Crippen LogP contribution in [0.2, 0.25) is 0 Å². The van der Waals surface area contributed by atoms with Crippen LogP contribution in [-0.4, -0.2) is 12.7 Å². The summed E-state index contributed by atoms with van der Waals surface area (Å²) in [6.07, 6.45) is 12.8. The molecule has 0 aliphatic heterocycles. The highest BCUT2D eigenvalue weighted by Crippen LogP contribution is 2.36. The average molecular weight is 329 g/mol. The standard InChI is InChI=1S/C21H31NO2/c1-3-5-6-7-17-8-10-18(11-9-17)19-12-14-20(15-13-19)22-21(23)24-16-4-2/h6-7,12-15,17-18H,3-5,8-11,16H2,1-2H3,(H,22,23)/b7-6+. The number of allylic oxidation sites excluding steroid dienone is 2. The van der Waals surface area contributed by atoms with E-state index in [4.69, 9.17) is 4.74 Å². The van der Waals surface area contributed by atoms with Crippen LogP contribution in [0.25, 0.3) is 0 Å². The van der Waals surface area contributed by atoms with Gasteiger partial charge in [0.05, 0.1) is 6.61 Å². The summed E-state index contributed by atoms with van der Waals surface area (Å²) < 4.78 is 5.04. The minimum absolute atomic E-state index is 0.371. The van der Waals surface area contributed by atoms with Crippen molar-refractivity contribution >= 4 is 11.8 Å². The van der Waals surface area contributed by atoms with E-state index in [1.54, 1.807) is 0 Å². The summed E-state index contributed by atoms with van der Waals surface area (Å²) in [7, 11) is 0. The molecule has 24 heavy (non-hydrogen) atoms. The Hall–Kier alpha value is -1.77. The van der Waals surface area contributed by atoms with Gasteiger partial charge in [0.2, 0.25) is 0 Å². The second-order valence-electron chi connectivity index (χ2n) is 6.71. The number of carbonyl (C=O) groups is 1. The first kappa shape index (κ1) is 18.6. The van der Waals surface area contributed by atoms with Crippen LogP contribution in [0.3, 0.4) is 0 Å². The number of hydrogen-bond acceptors (Lipinski definition) is 2. The summed E-state index contributed by atoms with van der Waals surface area (Å²) in [5.74, 6) is 1.42. The number of benzene rings is 1. The lowest BCUT2D eigenvalue weighted by Crippen LogP contribution is -2.14. The van der Waals surface area contributed by atoms with E-state index < -0.39 is 0 Å². The van der Waals surface area contributed by atoms with Crippen molar-refractivity contribution in [2.75, 3.05) is 11.9 Å². The summed E-state index contributed by atoms with van der Waals surface area (Å²) in [6.45, 7) is 4.67. The summed E-state index contributed by atoms with van der Waals surface area (Å²) in [5, 5.41) is 2.77. The van der Waals surface area contributed by atoms with Gasteiger partial charge in [0, 0.05) is 5.69 Å². The van der Waals surface area contributed by atoms with Crippen LogP contribution >= 0.6 is 0 Å². The normalized spacial score (nSPS) is 20.9. The third kappa shape index (κ3) is 6.03. The van der Waals surface area contributed by atoms with Crippen molar-refractivity contribution in [3.8, 4) is 0 Å². The Morgan fingerprint density at radius 1 is 1.12 bits per heavy atom. The number of ether oxygens (including phenoxy) is 1. The molecule has 0 spiro atoms. The largest absolute Gasteiger partial charge is 0.449 e. The molecule has 0 atom stereocenters. The van der Waals surface area contributed by atoms with E-state index in [2.05, 4.69) is 36.5 Å². The van der Waals surface area contributed by atoms with E-state index in [9.17, 15) is 4.79 Å². The molecule has 3 heteroatoms. The SMILES string of the molecule is CCC/C=C/C1CCC(c2ccc(NC(=O)OCCC)cc2)CC1. The fourth-order valence-corrected chi connectivity index (χ4v) is 3.29. The second kappa shape index (κ2) is 10.2. The van der Waals surface area contributed by atoms with E-state index in [0.717, 1.165) is 18.0 Å². The molecule has 1 N–H and O–H groups in total. The van der Waals surface area contributed by atoms with Gasteiger partial charge < -0.3 is 4.74 Å². The van der Waals surface area contributed by atoms with E-state index >= 15 is 0 Å². The molecule has 1 fully saturated rings. The van der Waals surface area contributed by atoms with Crippen molar-refractivity contribution in [1.82, 2.24) is 0 Å². The molecule has 1 saturated carbocycles. The molecule has 0 unspecified atom stereocenters. The lowest BCUT2D eigenvalue weighted by molar-refractivity contribution is 0.161. The number of carbonyl (C=O) groups excluding carboxylic acids is 1. The van der Waals surface area contributed by atoms with E-state index in [-0.39, 0.29) is 6.09 Å². The number of anilines is 1. The van der Waals surface area contributed by atoms with Gasteiger partial charge in [0.25, 0.3) is 0 Å². The summed E-state index contributed by atoms with van der Waals surface area (Å²) in [4.78, 5) is 11.6. The third-order valence-electron chi connectivity index (χ3n) is 4.70. The molecular weight excluding hydrogens is 298 g/mol. The van der Waals surface area contributed by atoms with Crippen molar-refractivity contribution in [3.63, 3.8) is 0 Å². The van der Waals surface area contributed by atoms with E-state index in [1.807, 2.05) is 19.1 Å².